The lowest BCUT2D eigenvalue weighted by Crippen LogP contribution is -2.47. The number of carboxylic acids is 1. The fraction of sp³-hybridized carbons (Fsp3) is 0.714. The largest absolute Gasteiger partial charge is 0.481 e. The number of carbonyl (C=O) groups is 2. The summed E-state index contributed by atoms with van der Waals surface area (Å²) in [5, 5.41) is 12.3. The summed E-state index contributed by atoms with van der Waals surface area (Å²) in [5.41, 5.74) is -0.173. The van der Waals surface area contributed by atoms with Crippen LogP contribution >= 0.6 is 11.5 Å². The molecule has 1 fully saturated rings. The van der Waals surface area contributed by atoms with E-state index in [1.807, 2.05) is 27.7 Å². The molecule has 1 aliphatic heterocycles. The minimum absolute atomic E-state index is 0.167. The van der Waals surface area contributed by atoms with Gasteiger partial charge in [-0.1, -0.05) is 27.7 Å². The van der Waals surface area contributed by atoms with E-state index in [2.05, 4.69) is 14.7 Å². The van der Waals surface area contributed by atoms with Crippen molar-refractivity contribution in [2.24, 2.45) is 11.8 Å². The van der Waals surface area contributed by atoms with E-state index in [9.17, 15) is 9.59 Å². The Labute approximate surface area is 133 Å². The van der Waals surface area contributed by atoms with Gasteiger partial charge in [0, 0.05) is 30.0 Å². The van der Waals surface area contributed by atoms with Crippen LogP contribution in [-0.2, 0) is 10.2 Å². The molecular weight excluding hydrogens is 304 g/mol. The fourth-order valence-electron chi connectivity index (χ4n) is 2.45. The highest BCUT2D eigenvalue weighted by Crippen LogP contribution is 2.25. The number of hydrogen-bond donors (Lipinski definition) is 2. The van der Waals surface area contributed by atoms with E-state index in [0.29, 0.717) is 23.9 Å². The van der Waals surface area contributed by atoms with Crippen molar-refractivity contribution in [1.82, 2.24) is 14.3 Å². The molecule has 2 unspecified atom stereocenters. The minimum atomic E-state index is -0.852. The molecule has 2 rings (SSSR count). The third kappa shape index (κ3) is 3.94. The van der Waals surface area contributed by atoms with Crippen LogP contribution in [0.5, 0.6) is 0 Å². The van der Waals surface area contributed by atoms with Crippen LogP contribution in [0.15, 0.2) is 0 Å². The van der Waals surface area contributed by atoms with Crippen LogP contribution < -0.4 is 5.32 Å². The first kappa shape index (κ1) is 16.7. The van der Waals surface area contributed by atoms with Gasteiger partial charge < -0.3 is 10.0 Å². The Kier molecular flexibility index (Phi) is 4.69. The monoisotopic (exact) mass is 326 g/mol. The molecule has 0 saturated carbocycles. The molecule has 0 aromatic carbocycles. The van der Waals surface area contributed by atoms with Gasteiger partial charge in [0.15, 0.2) is 0 Å². The molecule has 2 amide bonds. The number of likely N-dealkylation sites (tertiary alicyclic amines) is 1. The van der Waals surface area contributed by atoms with Crippen LogP contribution in [0.25, 0.3) is 0 Å². The third-order valence-corrected chi connectivity index (χ3v) is 4.24. The Bertz CT molecular complexity index is 567. The van der Waals surface area contributed by atoms with E-state index >= 15 is 0 Å². The van der Waals surface area contributed by atoms with Gasteiger partial charge in [-0.3, -0.25) is 10.1 Å². The number of anilines is 1. The van der Waals surface area contributed by atoms with Crippen molar-refractivity contribution < 1.29 is 14.7 Å². The molecule has 1 aliphatic rings. The zero-order chi connectivity index (χ0) is 16.5. The van der Waals surface area contributed by atoms with Crippen LogP contribution in [0.1, 0.15) is 39.9 Å². The maximum Gasteiger partial charge on any atom is 0.323 e. The molecule has 22 heavy (non-hydrogen) atoms. The Hall–Kier alpha value is -1.70. The smallest absolute Gasteiger partial charge is 0.323 e. The molecule has 0 bridgehead atoms. The summed E-state index contributed by atoms with van der Waals surface area (Å²) in [6.45, 7) is 8.76. The minimum Gasteiger partial charge on any atom is -0.481 e. The highest BCUT2D eigenvalue weighted by molar-refractivity contribution is 7.09. The van der Waals surface area contributed by atoms with Crippen LogP contribution in [0.3, 0.4) is 0 Å². The van der Waals surface area contributed by atoms with Crippen LogP contribution in [0.4, 0.5) is 9.93 Å². The van der Waals surface area contributed by atoms with Crippen molar-refractivity contribution in [2.75, 3.05) is 18.4 Å². The van der Waals surface area contributed by atoms with Gasteiger partial charge in [0.25, 0.3) is 0 Å². The molecule has 0 radical (unpaired) electrons. The highest BCUT2D eigenvalue weighted by Gasteiger charge is 2.32. The molecule has 1 saturated heterocycles. The average Bonchev–Trinajstić information content (AvgIpc) is 2.86. The fourth-order valence-corrected chi connectivity index (χ4v) is 3.19. The maximum absolute atomic E-state index is 12.3. The van der Waals surface area contributed by atoms with Crippen molar-refractivity contribution in [3.8, 4) is 0 Å². The first-order chi connectivity index (χ1) is 10.2. The van der Waals surface area contributed by atoms with E-state index in [1.165, 1.54) is 0 Å². The molecule has 0 aliphatic carbocycles. The lowest BCUT2D eigenvalue weighted by Gasteiger charge is -2.34. The number of carboxylic acid groups (broad SMARTS) is 1. The van der Waals surface area contributed by atoms with Gasteiger partial charge in [0.1, 0.15) is 5.82 Å². The first-order valence-electron chi connectivity index (χ1n) is 7.29. The zero-order valence-electron chi connectivity index (χ0n) is 13.3. The molecule has 2 heterocycles. The summed E-state index contributed by atoms with van der Waals surface area (Å²) in [6.07, 6.45) is 0.603. The second-order valence-electron chi connectivity index (χ2n) is 6.88. The first-order valence-corrected chi connectivity index (χ1v) is 8.07. The van der Waals surface area contributed by atoms with Crippen LogP contribution in [0, 0.1) is 11.8 Å². The van der Waals surface area contributed by atoms with Gasteiger partial charge in [-0.25, -0.2) is 9.78 Å². The highest BCUT2D eigenvalue weighted by atomic mass is 32.1. The molecule has 2 atom stereocenters. The second-order valence-corrected chi connectivity index (χ2v) is 7.64. The standard InChI is InChI=1S/C14H22N4O3S/c1-8-5-9(10(19)20)7-18(6-8)13(21)16-12-15-11(17-22-12)14(2,3)4/h8-9H,5-7H2,1-4H3,(H,19,20)(H,15,16,17,21). The average molecular weight is 326 g/mol. The van der Waals surface area contributed by atoms with Crippen LogP contribution in [0.2, 0.25) is 0 Å². The molecular formula is C14H22N4O3S. The lowest BCUT2D eigenvalue weighted by atomic mass is 9.91. The normalized spacial score (nSPS) is 22.5. The SMILES string of the molecule is CC1CC(C(=O)O)CN(C(=O)Nc2nc(C(C)(C)C)ns2)C1. The molecule has 1 aromatic heterocycles. The van der Waals surface area contributed by atoms with E-state index in [1.54, 1.807) is 4.90 Å². The summed E-state index contributed by atoms with van der Waals surface area (Å²) in [6, 6.07) is -0.311. The third-order valence-electron chi connectivity index (χ3n) is 3.61. The summed E-state index contributed by atoms with van der Waals surface area (Å²) in [4.78, 5) is 29.3. The predicted octanol–water partition coefficient (Wildman–Crippen LogP) is 2.41. The number of amides is 2. The number of rotatable bonds is 2. The van der Waals surface area contributed by atoms with Crippen molar-refractivity contribution in [1.29, 1.82) is 0 Å². The van der Waals surface area contributed by atoms with E-state index in [0.717, 1.165) is 11.5 Å². The molecule has 8 heteroatoms. The van der Waals surface area contributed by atoms with E-state index in [-0.39, 0.29) is 23.9 Å². The van der Waals surface area contributed by atoms with Crippen LogP contribution in [-0.4, -0.2) is 44.5 Å². The number of carbonyl (C=O) groups excluding carboxylic acids is 1. The Morgan fingerprint density at radius 3 is 2.59 bits per heavy atom. The van der Waals surface area contributed by atoms with Gasteiger partial charge in [0.05, 0.1) is 5.92 Å². The quantitative estimate of drug-likeness (QED) is 0.870. The Morgan fingerprint density at radius 2 is 2.05 bits per heavy atom. The summed E-state index contributed by atoms with van der Waals surface area (Å²) < 4.78 is 4.25. The van der Waals surface area contributed by atoms with Gasteiger partial charge in [-0.2, -0.15) is 4.37 Å². The van der Waals surface area contributed by atoms with Gasteiger partial charge in [0.2, 0.25) is 5.13 Å². The lowest BCUT2D eigenvalue weighted by molar-refractivity contribution is -0.143. The summed E-state index contributed by atoms with van der Waals surface area (Å²) in [5.74, 6) is -0.507. The summed E-state index contributed by atoms with van der Waals surface area (Å²) >= 11 is 1.14. The number of nitrogens with zero attached hydrogens (tertiary/aromatic N) is 3. The number of urea groups is 1. The number of piperidine rings is 1. The van der Waals surface area contributed by atoms with Crippen molar-refractivity contribution in [2.45, 2.75) is 39.5 Å². The predicted molar refractivity (Wildman–Crippen MR) is 84.1 cm³/mol. The number of aliphatic carboxylic acids is 1. The molecule has 2 N–H and O–H groups in total. The second kappa shape index (κ2) is 6.20. The zero-order valence-corrected chi connectivity index (χ0v) is 14.1. The number of nitrogens with one attached hydrogen (secondary N) is 1. The van der Waals surface area contributed by atoms with Gasteiger partial charge >= 0.3 is 12.0 Å². The summed E-state index contributed by atoms with van der Waals surface area (Å²) in [7, 11) is 0. The Morgan fingerprint density at radius 1 is 1.36 bits per heavy atom. The van der Waals surface area contributed by atoms with Crippen molar-refractivity contribution in [3.63, 3.8) is 0 Å². The maximum atomic E-state index is 12.3. The Balaban J connectivity index is 2.02. The number of hydrogen-bond acceptors (Lipinski definition) is 5. The van der Waals surface area contributed by atoms with Gasteiger partial charge in [-0.15, -0.1) is 0 Å². The van der Waals surface area contributed by atoms with E-state index < -0.39 is 11.9 Å². The van der Waals surface area contributed by atoms with Crippen molar-refractivity contribution in [3.05, 3.63) is 5.82 Å². The van der Waals surface area contributed by atoms with E-state index in [4.69, 9.17) is 5.11 Å². The molecule has 7 nitrogen and oxygen atoms in total. The molecule has 1 aromatic rings. The molecule has 0 spiro atoms. The number of aromatic nitrogens is 2. The topological polar surface area (TPSA) is 95.4 Å². The van der Waals surface area contributed by atoms with Gasteiger partial charge in [-0.05, 0) is 12.3 Å². The molecule has 122 valence electrons. The van der Waals surface area contributed by atoms with Crippen molar-refractivity contribution >= 4 is 28.7 Å².